The molecule has 1 heterocycles. The smallest absolute Gasteiger partial charge is 0.253 e. The van der Waals surface area contributed by atoms with Gasteiger partial charge in [0.05, 0.1) is 13.6 Å². The molecule has 0 fully saturated rings. The highest BCUT2D eigenvalue weighted by atomic mass is 15.1. The molecule has 1 aromatic rings. The fourth-order valence-corrected chi connectivity index (χ4v) is 1.16. The molecule has 0 saturated heterocycles. The minimum atomic E-state index is 1.16. The number of nitrogens with zero attached hydrogens (tertiary/aromatic N) is 3. The number of rotatable bonds is 3. The summed E-state index contributed by atoms with van der Waals surface area (Å²) in [4.78, 5) is 0. The van der Waals surface area contributed by atoms with E-state index in [0.29, 0.717) is 0 Å². The van der Waals surface area contributed by atoms with Crippen LogP contribution in [0.5, 0.6) is 0 Å². The Labute approximate surface area is 80.2 Å². The van der Waals surface area contributed by atoms with Gasteiger partial charge in [0.1, 0.15) is 12.4 Å². The highest BCUT2D eigenvalue weighted by molar-refractivity contribution is 4.76. The van der Waals surface area contributed by atoms with E-state index < -0.39 is 0 Å². The monoisotopic (exact) mass is 179 g/mol. The second kappa shape index (κ2) is 6.24. The summed E-state index contributed by atoms with van der Waals surface area (Å²) in [6.07, 6.45) is 6.78. The molecule has 1 aromatic heterocycles. The summed E-state index contributed by atoms with van der Waals surface area (Å²) in [5.74, 6) is 1.33. The standard InChI is InChI=1S/C9H17N2.CN/c1-4-5-6-11-8-7-10(3)9(11)2;1-2/h7-8H,4-6H2,1-3H3;/q+1;-1. The Bertz CT molecular complexity index is 260. The second-order valence-electron chi connectivity index (χ2n) is 3.00. The van der Waals surface area contributed by atoms with Crippen molar-refractivity contribution in [2.45, 2.75) is 33.2 Å². The molecule has 3 nitrogen and oxygen atoms in total. The van der Waals surface area contributed by atoms with Crippen molar-refractivity contribution in [2.75, 3.05) is 0 Å². The first kappa shape index (κ1) is 11.7. The molecule has 0 spiro atoms. The number of imidazole rings is 1. The lowest BCUT2D eigenvalue weighted by Gasteiger charge is -1.95. The van der Waals surface area contributed by atoms with Gasteiger partial charge in [0.15, 0.2) is 0 Å². The highest BCUT2D eigenvalue weighted by Gasteiger charge is 2.06. The highest BCUT2D eigenvalue weighted by Crippen LogP contribution is 1.91. The molecule has 0 N–H and O–H groups in total. The number of unbranched alkanes of at least 4 members (excludes halogenated alkanes) is 1. The van der Waals surface area contributed by atoms with Crippen molar-refractivity contribution in [3.63, 3.8) is 0 Å². The molecule has 13 heavy (non-hydrogen) atoms. The summed E-state index contributed by atoms with van der Waals surface area (Å²) in [7, 11) is 2.08. The fraction of sp³-hybridized carbons (Fsp3) is 0.600. The molecule has 0 atom stereocenters. The van der Waals surface area contributed by atoms with E-state index in [9.17, 15) is 0 Å². The van der Waals surface area contributed by atoms with E-state index in [4.69, 9.17) is 11.8 Å². The molecular formula is C10H17N3. The second-order valence-corrected chi connectivity index (χ2v) is 3.00. The Morgan fingerprint density at radius 3 is 2.54 bits per heavy atom. The van der Waals surface area contributed by atoms with Gasteiger partial charge in [-0.1, -0.05) is 13.3 Å². The van der Waals surface area contributed by atoms with Gasteiger partial charge in [0.25, 0.3) is 5.82 Å². The third-order valence-electron chi connectivity index (χ3n) is 2.15. The maximum absolute atomic E-state index is 6.25. The van der Waals surface area contributed by atoms with Crippen LogP contribution in [0.25, 0.3) is 0 Å². The van der Waals surface area contributed by atoms with E-state index in [2.05, 4.69) is 42.4 Å². The zero-order chi connectivity index (χ0) is 10.3. The van der Waals surface area contributed by atoms with Gasteiger partial charge in [0, 0.05) is 6.92 Å². The van der Waals surface area contributed by atoms with Gasteiger partial charge in [-0.15, -0.1) is 0 Å². The van der Waals surface area contributed by atoms with Crippen molar-refractivity contribution in [3.8, 4) is 0 Å². The van der Waals surface area contributed by atoms with Crippen molar-refractivity contribution < 1.29 is 4.57 Å². The van der Waals surface area contributed by atoms with Gasteiger partial charge in [-0.05, 0) is 6.42 Å². The number of hydrogen-bond acceptors (Lipinski definition) is 1. The summed E-state index contributed by atoms with van der Waals surface area (Å²) in [5, 5.41) is 6.25. The van der Waals surface area contributed by atoms with Crippen molar-refractivity contribution in [1.82, 2.24) is 4.57 Å². The Balaban J connectivity index is 0.000000671. The predicted molar refractivity (Wildman–Crippen MR) is 50.2 cm³/mol. The van der Waals surface area contributed by atoms with E-state index in [1.165, 1.54) is 18.7 Å². The van der Waals surface area contributed by atoms with Crippen molar-refractivity contribution in [2.24, 2.45) is 7.05 Å². The van der Waals surface area contributed by atoms with Crippen LogP contribution in [0.15, 0.2) is 12.4 Å². The summed E-state index contributed by atoms with van der Waals surface area (Å²) < 4.78 is 4.44. The molecule has 0 radical (unpaired) electrons. The summed E-state index contributed by atoms with van der Waals surface area (Å²) in [6, 6.07) is 0. The third kappa shape index (κ3) is 3.29. The van der Waals surface area contributed by atoms with Crippen LogP contribution < -0.4 is 4.57 Å². The van der Waals surface area contributed by atoms with Crippen molar-refractivity contribution in [3.05, 3.63) is 24.8 Å². The lowest BCUT2D eigenvalue weighted by molar-refractivity contribution is -0.702. The Hall–Kier alpha value is -1.30. The van der Waals surface area contributed by atoms with E-state index in [-0.39, 0.29) is 0 Å². The fourth-order valence-electron chi connectivity index (χ4n) is 1.16. The minimum absolute atomic E-state index is 1.16. The number of hydrogen-bond donors (Lipinski definition) is 0. The van der Waals surface area contributed by atoms with Crippen LogP contribution in [0.3, 0.4) is 0 Å². The molecule has 3 heteroatoms. The van der Waals surface area contributed by atoms with Crippen LogP contribution in [0.1, 0.15) is 25.6 Å². The molecule has 1 rings (SSSR count). The summed E-state index contributed by atoms with van der Waals surface area (Å²) in [5.41, 5.74) is 0. The average Bonchev–Trinajstić information content (AvgIpc) is 2.48. The molecule has 72 valence electrons. The number of aromatic nitrogens is 2. The van der Waals surface area contributed by atoms with Crippen LogP contribution >= 0.6 is 0 Å². The van der Waals surface area contributed by atoms with Crippen LogP contribution in [-0.4, -0.2) is 4.57 Å². The molecule has 0 aromatic carbocycles. The van der Waals surface area contributed by atoms with Gasteiger partial charge in [0.2, 0.25) is 0 Å². The maximum atomic E-state index is 6.25. The Kier molecular flexibility index (Phi) is 5.62. The van der Waals surface area contributed by atoms with Crippen LogP contribution in [-0.2, 0) is 13.6 Å². The summed E-state index contributed by atoms with van der Waals surface area (Å²) in [6.45, 7) is 10.3. The molecule has 0 amide bonds. The largest absolute Gasteiger partial charge is 0.512 e. The van der Waals surface area contributed by atoms with Gasteiger partial charge in [-0.2, -0.15) is 0 Å². The molecule has 0 aliphatic rings. The van der Waals surface area contributed by atoms with Crippen molar-refractivity contribution in [1.29, 1.82) is 5.26 Å². The van der Waals surface area contributed by atoms with E-state index in [0.717, 1.165) is 6.54 Å². The number of aryl methyl sites for hydroxylation is 2. The molecule has 0 unspecified atom stereocenters. The van der Waals surface area contributed by atoms with E-state index >= 15 is 0 Å². The Morgan fingerprint density at radius 1 is 1.54 bits per heavy atom. The lowest BCUT2D eigenvalue weighted by atomic mass is 10.3. The third-order valence-corrected chi connectivity index (χ3v) is 2.15. The maximum Gasteiger partial charge on any atom is 0.253 e. The van der Waals surface area contributed by atoms with Gasteiger partial charge in [-0.3, -0.25) is 0 Å². The zero-order valence-electron chi connectivity index (χ0n) is 8.62. The van der Waals surface area contributed by atoms with E-state index in [1.807, 2.05) is 0 Å². The molecule has 0 aliphatic heterocycles. The Morgan fingerprint density at radius 2 is 2.15 bits per heavy atom. The predicted octanol–water partition coefficient (Wildman–Crippen LogP) is 1.52. The quantitative estimate of drug-likeness (QED) is 0.511. The molecular weight excluding hydrogens is 162 g/mol. The van der Waals surface area contributed by atoms with Crippen molar-refractivity contribution >= 4 is 0 Å². The topological polar surface area (TPSA) is 32.6 Å². The molecule has 0 aliphatic carbocycles. The van der Waals surface area contributed by atoms with Crippen LogP contribution in [0.2, 0.25) is 0 Å². The van der Waals surface area contributed by atoms with Gasteiger partial charge < -0.3 is 11.8 Å². The zero-order valence-corrected chi connectivity index (χ0v) is 8.62. The minimum Gasteiger partial charge on any atom is -0.512 e. The molecule has 0 saturated carbocycles. The van der Waals surface area contributed by atoms with E-state index in [1.54, 1.807) is 0 Å². The average molecular weight is 179 g/mol. The SMILES string of the molecule is CCCC[n+]1ccn(C)c1C.[C-]#N. The lowest BCUT2D eigenvalue weighted by Crippen LogP contribution is -2.35. The normalized spacial score (nSPS) is 9.00. The first-order chi connectivity index (χ1) is 6.25. The van der Waals surface area contributed by atoms with Crippen LogP contribution in [0, 0.1) is 18.8 Å². The molecule has 0 bridgehead atoms. The first-order valence-electron chi connectivity index (χ1n) is 4.49. The van der Waals surface area contributed by atoms with Crippen LogP contribution in [0.4, 0.5) is 0 Å². The first-order valence-corrected chi connectivity index (χ1v) is 4.49. The van der Waals surface area contributed by atoms with Gasteiger partial charge >= 0.3 is 0 Å². The summed E-state index contributed by atoms with van der Waals surface area (Å²) >= 11 is 0. The van der Waals surface area contributed by atoms with Gasteiger partial charge in [-0.25, -0.2) is 9.13 Å².